The summed E-state index contributed by atoms with van der Waals surface area (Å²) in [6.45, 7) is 3.66. The Morgan fingerprint density at radius 3 is 2.90 bits per heavy atom. The van der Waals surface area contributed by atoms with E-state index in [-0.39, 0.29) is 17.4 Å². The molecule has 0 saturated carbocycles. The van der Waals surface area contributed by atoms with Crippen molar-refractivity contribution in [2.24, 2.45) is 10.1 Å². The fourth-order valence-electron chi connectivity index (χ4n) is 3.31. The Hall–Kier alpha value is -3.86. The van der Waals surface area contributed by atoms with Gasteiger partial charge in [0, 0.05) is 22.6 Å². The summed E-state index contributed by atoms with van der Waals surface area (Å²) in [5.74, 6) is -0.501. The van der Waals surface area contributed by atoms with Gasteiger partial charge in [0.25, 0.3) is 5.91 Å². The number of fused-ring (bicyclic) bond motifs is 2. The fourth-order valence-corrected chi connectivity index (χ4v) is 3.89. The molecule has 2 N–H and O–H groups in total. The average molecular weight is 439 g/mol. The van der Waals surface area contributed by atoms with E-state index in [1.165, 1.54) is 36.0 Å². The summed E-state index contributed by atoms with van der Waals surface area (Å²) in [4.78, 5) is 28.4. The maximum absolute atomic E-state index is 13.0. The molecule has 31 heavy (non-hydrogen) atoms. The zero-order valence-electron chi connectivity index (χ0n) is 16.3. The molecule has 2 aromatic rings. The molecule has 0 aromatic heterocycles. The lowest BCUT2D eigenvalue weighted by molar-refractivity contribution is -0.386. The van der Waals surface area contributed by atoms with E-state index >= 15 is 0 Å². The van der Waals surface area contributed by atoms with Crippen LogP contribution in [0.4, 0.5) is 5.69 Å². The van der Waals surface area contributed by atoms with E-state index in [1.807, 2.05) is 0 Å². The summed E-state index contributed by atoms with van der Waals surface area (Å²) >= 11 is 1.28. The summed E-state index contributed by atoms with van der Waals surface area (Å²) in [5, 5.41) is 31.8. The van der Waals surface area contributed by atoms with Crippen LogP contribution in [0.2, 0.25) is 0 Å². The second-order valence-electron chi connectivity index (χ2n) is 6.52. The van der Waals surface area contributed by atoms with Crippen LogP contribution >= 0.6 is 11.8 Å². The van der Waals surface area contributed by atoms with E-state index in [2.05, 4.69) is 22.0 Å². The number of nitrogens with zero attached hydrogens (tertiary/aromatic N) is 4. The number of amides is 1. The number of carbonyl (C=O) groups excluding carboxylic acids is 1. The van der Waals surface area contributed by atoms with Gasteiger partial charge in [-0.25, -0.2) is 5.01 Å². The van der Waals surface area contributed by atoms with Gasteiger partial charge in [0.15, 0.2) is 17.1 Å². The maximum Gasteiger partial charge on any atom is 0.315 e. The van der Waals surface area contributed by atoms with Crippen molar-refractivity contribution in [1.82, 2.24) is 10.3 Å². The number of rotatable bonds is 5. The molecule has 2 aromatic carbocycles. The smallest absolute Gasteiger partial charge is 0.315 e. The molecule has 158 valence electrons. The Labute approximate surface area is 180 Å². The Morgan fingerprint density at radius 2 is 2.19 bits per heavy atom. The number of ether oxygens (including phenoxy) is 1. The highest BCUT2D eigenvalue weighted by Crippen LogP contribution is 2.41. The molecule has 0 saturated heterocycles. The second-order valence-corrected chi connectivity index (χ2v) is 7.53. The minimum atomic E-state index is -0.886. The summed E-state index contributed by atoms with van der Waals surface area (Å²) < 4.78 is 5.12. The first-order valence-electron chi connectivity index (χ1n) is 9.10. The predicted octanol–water partition coefficient (Wildman–Crippen LogP) is 1.37. The van der Waals surface area contributed by atoms with Crippen LogP contribution < -0.4 is 20.6 Å². The van der Waals surface area contributed by atoms with Gasteiger partial charge < -0.3 is 9.84 Å². The van der Waals surface area contributed by atoms with Crippen molar-refractivity contribution in [2.75, 3.05) is 12.9 Å². The molecule has 1 atom stereocenters. The largest absolute Gasteiger partial charge is 0.500 e. The first-order chi connectivity index (χ1) is 14.9. The number of carbonyl (C=O) groups is 1. The fraction of sp³-hybridized carbons (Fsp3) is 0.150. The lowest BCUT2D eigenvalue weighted by Crippen LogP contribution is -2.50. The van der Waals surface area contributed by atoms with Crippen molar-refractivity contribution in [3.8, 4) is 11.5 Å². The number of hydrazone groups is 1. The van der Waals surface area contributed by atoms with Crippen LogP contribution in [0.15, 0.2) is 59.1 Å². The first-order valence-corrected chi connectivity index (χ1v) is 10.1. The number of aromatic hydroxyl groups is 1. The SMILES string of the molecule is C=CCSC1=NN2C(=c3ccccc3=NC2c2cc(OC)c(O)c([N+](=O)[O-])c2)C(=O)N1. The van der Waals surface area contributed by atoms with Gasteiger partial charge in [-0.3, -0.25) is 25.2 Å². The van der Waals surface area contributed by atoms with Crippen LogP contribution in [0.5, 0.6) is 11.5 Å². The summed E-state index contributed by atoms with van der Waals surface area (Å²) in [5.41, 5.74) is 0.0739. The molecule has 0 bridgehead atoms. The summed E-state index contributed by atoms with van der Waals surface area (Å²) in [6, 6.07) is 9.72. The molecule has 0 radical (unpaired) electrons. The number of phenols is 1. The van der Waals surface area contributed by atoms with E-state index in [0.717, 1.165) is 0 Å². The van der Waals surface area contributed by atoms with Crippen LogP contribution in [-0.4, -0.2) is 39.0 Å². The monoisotopic (exact) mass is 439 g/mol. The summed E-state index contributed by atoms with van der Waals surface area (Å²) in [6.07, 6.45) is 0.795. The minimum absolute atomic E-state index is 0.0773. The van der Waals surface area contributed by atoms with Crippen molar-refractivity contribution in [1.29, 1.82) is 0 Å². The predicted molar refractivity (Wildman–Crippen MR) is 115 cm³/mol. The van der Waals surface area contributed by atoms with Crippen molar-refractivity contribution < 1.29 is 19.6 Å². The van der Waals surface area contributed by atoms with Gasteiger partial charge in [0.05, 0.1) is 17.4 Å². The standard InChI is InChI=1S/C20H17N5O5S/c1-3-8-31-20-22-19(27)16-12-6-4-5-7-13(12)21-18(24(16)23-20)11-9-14(25(28)29)17(26)15(10-11)30-2/h3-7,9-10,18,26H,1,8H2,2H3,(H,22,23,27). The molecular weight excluding hydrogens is 422 g/mol. The number of thioether (sulfide) groups is 1. The van der Waals surface area contributed by atoms with E-state index < -0.39 is 22.5 Å². The lowest BCUT2D eigenvalue weighted by atomic mass is 10.1. The van der Waals surface area contributed by atoms with Gasteiger partial charge in [0.1, 0.15) is 5.70 Å². The van der Waals surface area contributed by atoms with Crippen molar-refractivity contribution in [2.45, 2.75) is 6.17 Å². The van der Waals surface area contributed by atoms with E-state index in [9.17, 15) is 20.0 Å². The number of hydrogen-bond donors (Lipinski definition) is 2. The maximum atomic E-state index is 13.0. The Morgan fingerprint density at radius 1 is 1.42 bits per heavy atom. The Bertz CT molecular complexity index is 1260. The quantitative estimate of drug-likeness (QED) is 0.409. The first kappa shape index (κ1) is 20.4. The number of benzene rings is 2. The number of nitro benzene ring substituents is 1. The molecule has 2 aliphatic heterocycles. The van der Waals surface area contributed by atoms with Gasteiger partial charge in [-0.15, -0.1) is 11.7 Å². The number of para-hydroxylation sites is 1. The third-order valence-corrected chi connectivity index (χ3v) is 5.50. The van der Waals surface area contributed by atoms with Crippen LogP contribution in [-0.2, 0) is 4.79 Å². The highest BCUT2D eigenvalue weighted by atomic mass is 32.2. The third-order valence-electron chi connectivity index (χ3n) is 4.65. The number of hydrogen-bond acceptors (Lipinski definition) is 9. The van der Waals surface area contributed by atoms with Crippen molar-refractivity contribution >= 4 is 34.2 Å². The second kappa shape index (κ2) is 8.11. The summed E-state index contributed by atoms with van der Waals surface area (Å²) in [7, 11) is 1.30. The third kappa shape index (κ3) is 3.59. The van der Waals surface area contributed by atoms with Crippen LogP contribution in [0.1, 0.15) is 11.7 Å². The molecule has 10 nitrogen and oxygen atoms in total. The number of nitrogens with one attached hydrogen (secondary N) is 1. The molecule has 2 heterocycles. The van der Waals surface area contributed by atoms with Crippen molar-refractivity contribution in [3.63, 3.8) is 0 Å². The van der Waals surface area contributed by atoms with Gasteiger partial charge in [0.2, 0.25) is 5.75 Å². The molecular formula is C20H17N5O5S. The number of phenolic OH excluding ortho intramolecular Hbond substituents is 1. The van der Waals surface area contributed by atoms with Crippen LogP contribution in [0.25, 0.3) is 5.70 Å². The van der Waals surface area contributed by atoms with Crippen LogP contribution in [0.3, 0.4) is 0 Å². The zero-order valence-corrected chi connectivity index (χ0v) is 17.1. The van der Waals surface area contributed by atoms with Gasteiger partial charge >= 0.3 is 5.69 Å². The molecule has 1 unspecified atom stereocenters. The Kier molecular flexibility index (Phi) is 5.34. The average Bonchev–Trinajstić information content (AvgIpc) is 2.76. The molecule has 0 fully saturated rings. The highest BCUT2D eigenvalue weighted by Gasteiger charge is 2.36. The highest BCUT2D eigenvalue weighted by molar-refractivity contribution is 8.14. The minimum Gasteiger partial charge on any atom is -0.500 e. The molecule has 0 aliphatic carbocycles. The normalized spacial score (nSPS) is 17.0. The molecule has 2 aliphatic rings. The number of amidine groups is 1. The van der Waals surface area contributed by atoms with Crippen molar-refractivity contribution in [3.05, 3.63) is 75.3 Å². The lowest BCUT2D eigenvalue weighted by Gasteiger charge is -2.34. The molecule has 4 rings (SSSR count). The van der Waals surface area contributed by atoms with Gasteiger partial charge in [-0.2, -0.15) is 0 Å². The Balaban J connectivity index is 1.95. The zero-order chi connectivity index (χ0) is 22.1. The van der Waals surface area contributed by atoms with Crippen LogP contribution in [0, 0.1) is 10.1 Å². The topological polar surface area (TPSA) is 130 Å². The number of nitro groups is 1. The molecule has 11 heteroatoms. The van der Waals surface area contributed by atoms with E-state index in [4.69, 9.17) is 4.74 Å². The van der Waals surface area contributed by atoms with Gasteiger partial charge in [-0.05, 0) is 12.1 Å². The number of methoxy groups -OCH3 is 1. The van der Waals surface area contributed by atoms with E-state index in [0.29, 0.717) is 27.1 Å². The van der Waals surface area contributed by atoms with Gasteiger partial charge in [-0.1, -0.05) is 36.0 Å². The molecule has 0 spiro atoms. The molecule has 1 amide bonds. The van der Waals surface area contributed by atoms with E-state index in [1.54, 1.807) is 30.3 Å².